The molecular formula is C15H21N3. The molecule has 0 aliphatic heterocycles. The van der Waals surface area contributed by atoms with Gasteiger partial charge in [0.05, 0.1) is 6.54 Å². The Balaban J connectivity index is 1.87. The lowest BCUT2D eigenvalue weighted by Gasteiger charge is -2.18. The summed E-state index contributed by atoms with van der Waals surface area (Å²) in [5.41, 5.74) is 1.37. The summed E-state index contributed by atoms with van der Waals surface area (Å²) in [6.45, 7) is 4.09. The molecule has 3 heteroatoms. The lowest BCUT2D eigenvalue weighted by Crippen LogP contribution is -2.25. The third-order valence-electron chi connectivity index (χ3n) is 3.07. The van der Waals surface area contributed by atoms with Crippen LogP contribution in [0.5, 0.6) is 0 Å². The minimum atomic E-state index is 0.451. The Hall–Kier alpha value is -1.61. The van der Waals surface area contributed by atoms with Crippen molar-refractivity contribution in [1.82, 2.24) is 15.1 Å². The average molecular weight is 243 g/mol. The Morgan fingerprint density at radius 2 is 2.06 bits per heavy atom. The van der Waals surface area contributed by atoms with Crippen LogP contribution in [0.15, 0.2) is 48.8 Å². The van der Waals surface area contributed by atoms with Crippen LogP contribution < -0.4 is 5.32 Å². The SMILES string of the molecule is CCCC(NCCn1cccn1)c1ccccc1. The van der Waals surface area contributed by atoms with Gasteiger partial charge in [0.1, 0.15) is 0 Å². The van der Waals surface area contributed by atoms with E-state index in [2.05, 4.69) is 47.7 Å². The summed E-state index contributed by atoms with van der Waals surface area (Å²) < 4.78 is 1.96. The highest BCUT2D eigenvalue weighted by atomic mass is 15.3. The quantitative estimate of drug-likeness (QED) is 0.810. The summed E-state index contributed by atoms with van der Waals surface area (Å²) in [6, 6.07) is 13.1. The fourth-order valence-corrected chi connectivity index (χ4v) is 2.15. The second-order valence-electron chi connectivity index (χ2n) is 4.48. The van der Waals surface area contributed by atoms with Crippen LogP contribution >= 0.6 is 0 Å². The molecule has 96 valence electrons. The van der Waals surface area contributed by atoms with Gasteiger partial charge in [-0.15, -0.1) is 0 Å². The second kappa shape index (κ2) is 6.97. The molecule has 0 fully saturated rings. The zero-order valence-electron chi connectivity index (χ0n) is 10.9. The fraction of sp³-hybridized carbons (Fsp3) is 0.400. The van der Waals surface area contributed by atoms with E-state index in [1.807, 2.05) is 23.1 Å². The number of rotatable bonds is 7. The first-order valence-electron chi connectivity index (χ1n) is 6.66. The largest absolute Gasteiger partial charge is 0.308 e. The van der Waals surface area contributed by atoms with E-state index in [4.69, 9.17) is 0 Å². The fourth-order valence-electron chi connectivity index (χ4n) is 2.15. The van der Waals surface area contributed by atoms with Crippen LogP contribution in [0, 0.1) is 0 Å². The minimum absolute atomic E-state index is 0.451. The maximum atomic E-state index is 4.21. The molecular weight excluding hydrogens is 222 g/mol. The molecule has 2 aromatic rings. The van der Waals surface area contributed by atoms with Gasteiger partial charge in [-0.3, -0.25) is 4.68 Å². The summed E-state index contributed by atoms with van der Waals surface area (Å²) in [5, 5.41) is 7.82. The number of nitrogens with one attached hydrogen (secondary N) is 1. The van der Waals surface area contributed by atoms with Gasteiger partial charge >= 0.3 is 0 Å². The van der Waals surface area contributed by atoms with Gasteiger partial charge in [-0.1, -0.05) is 43.7 Å². The smallest absolute Gasteiger partial charge is 0.0534 e. The highest BCUT2D eigenvalue weighted by Gasteiger charge is 2.08. The Kier molecular flexibility index (Phi) is 4.97. The summed E-state index contributed by atoms with van der Waals surface area (Å²) >= 11 is 0. The van der Waals surface area contributed by atoms with Crippen molar-refractivity contribution < 1.29 is 0 Å². The van der Waals surface area contributed by atoms with Crippen LogP contribution in [0.4, 0.5) is 0 Å². The molecule has 0 saturated heterocycles. The molecule has 0 aliphatic carbocycles. The third kappa shape index (κ3) is 3.70. The number of nitrogens with zero attached hydrogens (tertiary/aromatic N) is 2. The highest BCUT2D eigenvalue weighted by Crippen LogP contribution is 2.17. The Morgan fingerprint density at radius 1 is 1.22 bits per heavy atom. The molecule has 0 bridgehead atoms. The van der Waals surface area contributed by atoms with E-state index in [1.165, 1.54) is 18.4 Å². The Morgan fingerprint density at radius 3 is 2.72 bits per heavy atom. The van der Waals surface area contributed by atoms with Crippen molar-refractivity contribution in [2.75, 3.05) is 6.54 Å². The van der Waals surface area contributed by atoms with E-state index in [0.29, 0.717) is 6.04 Å². The van der Waals surface area contributed by atoms with E-state index in [-0.39, 0.29) is 0 Å². The Labute approximate surface area is 109 Å². The van der Waals surface area contributed by atoms with Crippen molar-refractivity contribution in [3.05, 3.63) is 54.4 Å². The average Bonchev–Trinajstić information content (AvgIpc) is 2.92. The molecule has 1 unspecified atom stereocenters. The van der Waals surface area contributed by atoms with Crippen molar-refractivity contribution in [3.63, 3.8) is 0 Å². The highest BCUT2D eigenvalue weighted by molar-refractivity contribution is 5.18. The molecule has 18 heavy (non-hydrogen) atoms. The summed E-state index contributed by atoms with van der Waals surface area (Å²) in [5.74, 6) is 0. The lowest BCUT2D eigenvalue weighted by molar-refractivity contribution is 0.461. The molecule has 0 aliphatic rings. The standard InChI is InChI=1S/C15H21N3/c1-2-7-15(14-8-4-3-5-9-14)16-11-13-18-12-6-10-17-18/h3-6,8-10,12,15-16H,2,7,11,13H2,1H3. The van der Waals surface area contributed by atoms with Gasteiger partial charge < -0.3 is 5.32 Å². The van der Waals surface area contributed by atoms with Crippen molar-refractivity contribution in [2.45, 2.75) is 32.4 Å². The van der Waals surface area contributed by atoms with Crippen LogP contribution in [0.2, 0.25) is 0 Å². The summed E-state index contributed by atoms with van der Waals surface area (Å²) in [4.78, 5) is 0. The number of hydrogen-bond acceptors (Lipinski definition) is 2. The predicted molar refractivity (Wildman–Crippen MR) is 74.3 cm³/mol. The van der Waals surface area contributed by atoms with Crippen molar-refractivity contribution in [2.24, 2.45) is 0 Å². The van der Waals surface area contributed by atoms with Crippen molar-refractivity contribution in [1.29, 1.82) is 0 Å². The zero-order chi connectivity index (χ0) is 12.6. The van der Waals surface area contributed by atoms with Gasteiger partial charge in [0.15, 0.2) is 0 Å². The predicted octanol–water partition coefficient (Wildman–Crippen LogP) is 3.01. The maximum absolute atomic E-state index is 4.21. The molecule has 3 nitrogen and oxygen atoms in total. The van der Waals surface area contributed by atoms with Crippen LogP contribution in [0.1, 0.15) is 31.4 Å². The van der Waals surface area contributed by atoms with Gasteiger partial charge in [-0.2, -0.15) is 5.10 Å². The molecule has 2 rings (SSSR count). The second-order valence-corrected chi connectivity index (χ2v) is 4.48. The Bertz CT molecular complexity index is 422. The number of benzene rings is 1. The van der Waals surface area contributed by atoms with Gasteiger partial charge in [0.25, 0.3) is 0 Å². The van der Waals surface area contributed by atoms with Crippen molar-refractivity contribution >= 4 is 0 Å². The first-order valence-corrected chi connectivity index (χ1v) is 6.66. The molecule has 0 spiro atoms. The topological polar surface area (TPSA) is 29.9 Å². The molecule has 1 aromatic carbocycles. The summed E-state index contributed by atoms with van der Waals surface area (Å²) in [6.07, 6.45) is 6.18. The van der Waals surface area contributed by atoms with Crippen molar-refractivity contribution in [3.8, 4) is 0 Å². The molecule has 1 aromatic heterocycles. The van der Waals surface area contributed by atoms with Gasteiger partial charge in [0, 0.05) is 25.0 Å². The van der Waals surface area contributed by atoms with E-state index in [9.17, 15) is 0 Å². The minimum Gasteiger partial charge on any atom is -0.308 e. The molecule has 1 heterocycles. The third-order valence-corrected chi connectivity index (χ3v) is 3.07. The van der Waals surface area contributed by atoms with E-state index in [1.54, 1.807) is 0 Å². The van der Waals surface area contributed by atoms with Crippen LogP contribution in [0.25, 0.3) is 0 Å². The number of hydrogen-bond donors (Lipinski definition) is 1. The zero-order valence-corrected chi connectivity index (χ0v) is 10.9. The first kappa shape index (κ1) is 12.8. The monoisotopic (exact) mass is 243 g/mol. The normalized spacial score (nSPS) is 12.5. The molecule has 1 N–H and O–H groups in total. The molecule has 0 radical (unpaired) electrons. The first-order chi connectivity index (χ1) is 8.90. The molecule has 0 amide bonds. The van der Waals surface area contributed by atoms with Gasteiger partial charge in [0.2, 0.25) is 0 Å². The molecule has 1 atom stereocenters. The lowest BCUT2D eigenvalue weighted by atomic mass is 10.0. The molecule has 0 saturated carbocycles. The van der Waals surface area contributed by atoms with Crippen LogP contribution in [-0.2, 0) is 6.54 Å². The van der Waals surface area contributed by atoms with Gasteiger partial charge in [-0.05, 0) is 18.1 Å². The number of aromatic nitrogens is 2. The van der Waals surface area contributed by atoms with E-state index in [0.717, 1.165) is 13.1 Å². The van der Waals surface area contributed by atoms with E-state index >= 15 is 0 Å². The maximum Gasteiger partial charge on any atom is 0.0534 e. The van der Waals surface area contributed by atoms with Gasteiger partial charge in [-0.25, -0.2) is 0 Å². The van der Waals surface area contributed by atoms with Crippen LogP contribution in [0.3, 0.4) is 0 Å². The van der Waals surface area contributed by atoms with E-state index < -0.39 is 0 Å². The van der Waals surface area contributed by atoms with Crippen LogP contribution in [-0.4, -0.2) is 16.3 Å². The summed E-state index contributed by atoms with van der Waals surface area (Å²) in [7, 11) is 0.